The predicted octanol–water partition coefficient (Wildman–Crippen LogP) is 1.92. The van der Waals surface area contributed by atoms with E-state index >= 15 is 0 Å². The molecule has 0 radical (unpaired) electrons. The maximum atomic E-state index is 11.8. The fraction of sp³-hybridized carbons (Fsp3) is 0.562. The van der Waals surface area contributed by atoms with Gasteiger partial charge in [-0.1, -0.05) is 6.07 Å². The minimum atomic E-state index is -2.97. The zero-order valence-corrected chi connectivity index (χ0v) is 15.7. The van der Waals surface area contributed by atoms with Crippen LogP contribution in [0.25, 0.3) is 0 Å². The second kappa shape index (κ2) is 8.64. The maximum absolute atomic E-state index is 11.8. The van der Waals surface area contributed by atoms with E-state index in [0.717, 1.165) is 17.9 Å². The van der Waals surface area contributed by atoms with Gasteiger partial charge in [-0.15, -0.1) is 0 Å². The highest BCUT2D eigenvalue weighted by atomic mass is 32.2. The van der Waals surface area contributed by atoms with E-state index < -0.39 is 9.84 Å². The van der Waals surface area contributed by atoms with Crippen molar-refractivity contribution in [2.24, 2.45) is 0 Å². The third kappa shape index (κ3) is 5.32. The smallest absolute Gasteiger partial charge is 0.173 e. The van der Waals surface area contributed by atoms with Gasteiger partial charge in [-0.05, 0) is 37.2 Å². The lowest BCUT2D eigenvalue weighted by molar-refractivity contribution is 0.181. The van der Waals surface area contributed by atoms with Crippen molar-refractivity contribution in [1.29, 1.82) is 0 Å². The highest BCUT2D eigenvalue weighted by Gasteiger charge is 2.33. The molecule has 1 aliphatic rings. The third-order valence-corrected chi connectivity index (χ3v) is 6.07. The molecule has 134 valence electrons. The molecule has 1 aromatic rings. The van der Waals surface area contributed by atoms with Gasteiger partial charge in [0, 0.05) is 38.1 Å². The number of rotatable bonds is 7. The van der Waals surface area contributed by atoms with Crippen molar-refractivity contribution in [2.75, 3.05) is 44.2 Å². The highest BCUT2D eigenvalue weighted by Crippen LogP contribution is 2.21. The lowest BCUT2D eigenvalue weighted by Crippen LogP contribution is -2.44. The van der Waals surface area contributed by atoms with Crippen LogP contribution in [0.5, 0.6) is 5.75 Å². The van der Waals surface area contributed by atoms with Gasteiger partial charge in [0.2, 0.25) is 0 Å². The molecule has 0 spiro atoms. The first-order valence-corrected chi connectivity index (χ1v) is 10.1. The molecule has 6 nitrogen and oxygen atoms in total. The molecule has 0 bridgehead atoms. The Balaban J connectivity index is 2.08. The van der Waals surface area contributed by atoms with E-state index in [-0.39, 0.29) is 17.5 Å². The largest absolute Gasteiger partial charge is 0.497 e. The molecule has 24 heavy (non-hydrogen) atoms. The van der Waals surface area contributed by atoms with Crippen LogP contribution >= 0.6 is 12.2 Å². The van der Waals surface area contributed by atoms with Gasteiger partial charge in [0.15, 0.2) is 14.9 Å². The molecule has 0 unspecified atom stereocenters. The summed E-state index contributed by atoms with van der Waals surface area (Å²) in [6.45, 7) is 1.27. The summed E-state index contributed by atoms with van der Waals surface area (Å²) in [7, 11) is 0.291. The Morgan fingerprint density at radius 1 is 1.42 bits per heavy atom. The van der Waals surface area contributed by atoms with Crippen molar-refractivity contribution in [3.8, 4) is 5.75 Å². The normalized spacial score (nSPS) is 19.0. The first-order chi connectivity index (χ1) is 11.4. The summed E-state index contributed by atoms with van der Waals surface area (Å²) in [4.78, 5) is 1.97. The van der Waals surface area contributed by atoms with Crippen molar-refractivity contribution in [2.45, 2.75) is 18.9 Å². The van der Waals surface area contributed by atoms with Crippen LogP contribution in [0.4, 0.5) is 5.69 Å². The lowest BCUT2D eigenvalue weighted by Gasteiger charge is -2.31. The van der Waals surface area contributed by atoms with Crippen LogP contribution in [-0.2, 0) is 14.6 Å². The summed E-state index contributed by atoms with van der Waals surface area (Å²) in [5.74, 6) is 1.11. The third-order valence-electron chi connectivity index (χ3n) is 3.98. The molecule has 0 aromatic heterocycles. The fourth-order valence-electron chi connectivity index (χ4n) is 2.75. The van der Waals surface area contributed by atoms with E-state index in [1.54, 1.807) is 14.2 Å². The first kappa shape index (κ1) is 19.0. The van der Waals surface area contributed by atoms with Crippen LogP contribution in [0, 0.1) is 0 Å². The van der Waals surface area contributed by atoms with E-state index in [9.17, 15) is 8.42 Å². The number of ether oxygens (including phenoxy) is 2. The number of nitrogens with zero attached hydrogens (tertiary/aromatic N) is 1. The molecular formula is C16H24N2O4S2. The molecule has 8 heteroatoms. The number of anilines is 1. The fourth-order valence-corrected chi connectivity index (χ4v) is 4.84. The monoisotopic (exact) mass is 372 g/mol. The number of benzene rings is 1. The molecule has 1 saturated heterocycles. The van der Waals surface area contributed by atoms with Gasteiger partial charge in [-0.2, -0.15) is 0 Å². The van der Waals surface area contributed by atoms with E-state index in [1.165, 1.54) is 0 Å². The topological polar surface area (TPSA) is 67.9 Å². The molecule has 0 amide bonds. The van der Waals surface area contributed by atoms with Gasteiger partial charge in [0.05, 0.1) is 18.6 Å². The highest BCUT2D eigenvalue weighted by molar-refractivity contribution is 7.91. The van der Waals surface area contributed by atoms with E-state index in [0.29, 0.717) is 24.7 Å². The molecule has 1 heterocycles. The molecule has 1 aromatic carbocycles. The second-order valence-electron chi connectivity index (χ2n) is 5.76. The van der Waals surface area contributed by atoms with Crippen LogP contribution in [0.3, 0.4) is 0 Å². The Morgan fingerprint density at radius 3 is 2.83 bits per heavy atom. The molecule has 2 rings (SSSR count). The molecule has 1 atom stereocenters. The quantitative estimate of drug-likeness (QED) is 0.579. The summed E-state index contributed by atoms with van der Waals surface area (Å²) in [5, 5.41) is 3.72. The van der Waals surface area contributed by atoms with Crippen LogP contribution in [0.15, 0.2) is 24.3 Å². The van der Waals surface area contributed by atoms with Crippen molar-refractivity contribution in [3.05, 3.63) is 24.3 Å². The van der Waals surface area contributed by atoms with E-state index in [4.69, 9.17) is 21.7 Å². The summed E-state index contributed by atoms with van der Waals surface area (Å²) < 4.78 is 33.9. The zero-order chi connectivity index (χ0) is 17.6. The molecule has 0 saturated carbocycles. The Labute approximate surface area is 149 Å². The minimum absolute atomic E-state index is 0.0857. The SMILES string of the molecule is COCCCN(C(=S)Nc1cccc(OC)c1)[C@@H]1CCS(=O)(=O)C1. The Hall–Kier alpha value is -1.38. The number of thiocarbonyl (C=S) groups is 1. The maximum Gasteiger partial charge on any atom is 0.173 e. The molecule has 1 aliphatic heterocycles. The predicted molar refractivity (Wildman–Crippen MR) is 99.5 cm³/mol. The zero-order valence-electron chi connectivity index (χ0n) is 14.0. The van der Waals surface area contributed by atoms with Crippen molar-refractivity contribution < 1.29 is 17.9 Å². The summed E-state index contributed by atoms with van der Waals surface area (Å²) in [6, 6.07) is 7.39. The summed E-state index contributed by atoms with van der Waals surface area (Å²) in [6.07, 6.45) is 1.39. The van der Waals surface area contributed by atoms with Crippen molar-refractivity contribution >= 4 is 32.9 Å². The van der Waals surface area contributed by atoms with Crippen molar-refractivity contribution in [3.63, 3.8) is 0 Å². The lowest BCUT2D eigenvalue weighted by atomic mass is 10.2. The number of methoxy groups -OCH3 is 2. The van der Waals surface area contributed by atoms with E-state index in [1.807, 2.05) is 29.2 Å². The van der Waals surface area contributed by atoms with Crippen LogP contribution in [0.1, 0.15) is 12.8 Å². The van der Waals surface area contributed by atoms with E-state index in [2.05, 4.69) is 5.32 Å². The Morgan fingerprint density at radius 2 is 2.21 bits per heavy atom. The van der Waals surface area contributed by atoms with Crippen LogP contribution < -0.4 is 10.1 Å². The van der Waals surface area contributed by atoms with Gasteiger partial charge in [0.1, 0.15) is 5.75 Å². The van der Waals surface area contributed by atoms with Crippen molar-refractivity contribution in [1.82, 2.24) is 4.90 Å². The number of hydrogen-bond acceptors (Lipinski definition) is 5. The number of nitrogens with one attached hydrogen (secondary N) is 1. The average molecular weight is 373 g/mol. The second-order valence-corrected chi connectivity index (χ2v) is 8.37. The Kier molecular flexibility index (Phi) is 6.82. The van der Waals surface area contributed by atoms with Gasteiger partial charge < -0.3 is 19.7 Å². The van der Waals surface area contributed by atoms with Gasteiger partial charge in [-0.3, -0.25) is 0 Å². The molecule has 0 aliphatic carbocycles. The molecule has 1 fully saturated rings. The summed E-state index contributed by atoms with van der Waals surface area (Å²) in [5.41, 5.74) is 0.817. The average Bonchev–Trinajstić information content (AvgIpc) is 2.91. The Bertz CT molecular complexity index is 664. The standard InChI is InChI=1S/C16H24N2O4S2/c1-21-9-4-8-18(14-7-10-24(19,20)12-14)16(23)17-13-5-3-6-15(11-13)22-2/h3,5-6,11,14H,4,7-10,12H2,1-2H3,(H,17,23)/t14-/m1/s1. The van der Waals surface area contributed by atoms with Crippen LogP contribution in [0.2, 0.25) is 0 Å². The first-order valence-electron chi connectivity index (χ1n) is 7.86. The molecular weight excluding hydrogens is 348 g/mol. The summed E-state index contributed by atoms with van der Waals surface area (Å²) >= 11 is 5.54. The molecule has 1 N–H and O–H groups in total. The number of hydrogen-bond donors (Lipinski definition) is 1. The minimum Gasteiger partial charge on any atom is -0.497 e. The van der Waals surface area contributed by atoms with Gasteiger partial charge in [-0.25, -0.2) is 8.42 Å². The number of sulfone groups is 1. The van der Waals surface area contributed by atoms with Gasteiger partial charge >= 0.3 is 0 Å². The van der Waals surface area contributed by atoms with Gasteiger partial charge in [0.25, 0.3) is 0 Å². The van der Waals surface area contributed by atoms with Crippen LogP contribution in [-0.4, -0.2) is 63.3 Å².